The molecule has 0 aromatic carbocycles. The molecule has 0 radical (unpaired) electrons. The monoisotopic (exact) mass is 597 g/mol. The minimum atomic E-state index is -4.44. The molecule has 41 heavy (non-hydrogen) atoms. The maximum Gasteiger partial charge on any atom is 0.267 e. The number of amides is 1. The molecule has 3 unspecified atom stereocenters. The van der Waals surface area contributed by atoms with Gasteiger partial charge in [-0.3, -0.25) is 9.35 Å². The van der Waals surface area contributed by atoms with E-state index < -0.39 is 40.0 Å². The fourth-order valence-electron chi connectivity index (χ4n) is 4.31. The predicted molar refractivity (Wildman–Crippen MR) is 171 cm³/mol. The number of rotatable bonds is 27. The Morgan fingerprint density at radius 2 is 1.20 bits per heavy atom. The summed E-state index contributed by atoms with van der Waals surface area (Å²) < 4.78 is 32.1. The zero-order valence-corrected chi connectivity index (χ0v) is 26.6. The van der Waals surface area contributed by atoms with Gasteiger partial charge in [-0.05, 0) is 57.8 Å². The van der Waals surface area contributed by atoms with Crippen molar-refractivity contribution in [2.24, 2.45) is 0 Å². The summed E-state index contributed by atoms with van der Waals surface area (Å²) in [5.74, 6) is -1.58. The second kappa shape index (κ2) is 27.1. The van der Waals surface area contributed by atoms with Crippen LogP contribution in [0.4, 0.5) is 0 Å². The highest BCUT2D eigenvalue weighted by Gasteiger charge is 2.27. The maximum absolute atomic E-state index is 12.4. The van der Waals surface area contributed by atoms with Crippen LogP contribution in [0.25, 0.3) is 0 Å². The molecule has 8 heteroatoms. The van der Waals surface area contributed by atoms with Crippen LogP contribution in [0.1, 0.15) is 129 Å². The predicted octanol–water partition coefficient (Wildman–Crippen LogP) is 7.37. The Balaban J connectivity index is 4.19. The van der Waals surface area contributed by atoms with Crippen LogP contribution in [0.15, 0.2) is 48.6 Å². The van der Waals surface area contributed by atoms with Crippen molar-refractivity contribution in [3.05, 3.63) is 48.6 Å². The summed E-state index contributed by atoms with van der Waals surface area (Å²) in [6.45, 7) is 4.36. The quantitative estimate of drug-likeness (QED) is 0.0445. The standard InChI is InChI=1S/C33H59NO6S/c1-3-5-7-9-11-13-14-15-16-17-18-19-20-22-24-26-28-32(36)33(37)34-30(29-41(38,39)40)31(35)27-25-23-21-12-10-8-6-4-2/h10-13,15-16,25,27,30-32,35-36H,3-9,14,17-24,26,28-29H2,1-2H3,(H,34,37)(H,38,39,40)/b12-10+,13-11-,16-15-,27-25+. The number of hydrogen-bond donors (Lipinski definition) is 4. The lowest BCUT2D eigenvalue weighted by molar-refractivity contribution is -0.130. The molecule has 0 aromatic rings. The molecule has 3 atom stereocenters. The molecular weight excluding hydrogens is 538 g/mol. The molecule has 0 rings (SSSR count). The highest BCUT2D eigenvalue weighted by atomic mass is 32.2. The maximum atomic E-state index is 12.4. The minimum Gasteiger partial charge on any atom is -0.387 e. The molecule has 0 spiro atoms. The van der Waals surface area contributed by atoms with Crippen molar-refractivity contribution in [1.29, 1.82) is 0 Å². The molecule has 4 N–H and O–H groups in total. The topological polar surface area (TPSA) is 124 Å². The van der Waals surface area contributed by atoms with Crippen LogP contribution in [-0.4, -0.2) is 53.1 Å². The summed E-state index contributed by atoms with van der Waals surface area (Å²) in [6.07, 6.45) is 31.9. The molecule has 7 nitrogen and oxygen atoms in total. The third-order valence-electron chi connectivity index (χ3n) is 6.84. The smallest absolute Gasteiger partial charge is 0.267 e. The molecule has 0 aliphatic rings. The van der Waals surface area contributed by atoms with E-state index in [9.17, 15) is 28.0 Å². The van der Waals surface area contributed by atoms with E-state index in [1.165, 1.54) is 31.8 Å². The molecule has 0 aliphatic carbocycles. The number of hydrogen-bond acceptors (Lipinski definition) is 5. The van der Waals surface area contributed by atoms with Crippen molar-refractivity contribution in [2.45, 2.75) is 148 Å². The van der Waals surface area contributed by atoms with Gasteiger partial charge in [-0.2, -0.15) is 8.42 Å². The van der Waals surface area contributed by atoms with Gasteiger partial charge in [0, 0.05) is 0 Å². The first-order valence-electron chi connectivity index (χ1n) is 15.9. The highest BCUT2D eigenvalue weighted by molar-refractivity contribution is 7.85. The summed E-state index contributed by atoms with van der Waals surface area (Å²) in [5.41, 5.74) is 0. The van der Waals surface area contributed by atoms with Crippen molar-refractivity contribution < 1.29 is 28.0 Å². The summed E-state index contributed by atoms with van der Waals surface area (Å²) >= 11 is 0. The van der Waals surface area contributed by atoms with Crippen molar-refractivity contribution in [2.75, 3.05) is 5.75 Å². The summed E-state index contributed by atoms with van der Waals surface area (Å²) in [5, 5.41) is 23.1. The van der Waals surface area contributed by atoms with Crippen LogP contribution in [0, 0.1) is 0 Å². The number of allylic oxidation sites excluding steroid dienone is 7. The molecule has 0 saturated heterocycles. The number of aliphatic hydroxyl groups is 2. The number of nitrogens with one attached hydrogen (secondary N) is 1. The first-order chi connectivity index (χ1) is 19.7. The van der Waals surface area contributed by atoms with Gasteiger partial charge in [0.15, 0.2) is 0 Å². The first-order valence-corrected chi connectivity index (χ1v) is 17.6. The van der Waals surface area contributed by atoms with E-state index in [1.807, 2.05) is 0 Å². The van der Waals surface area contributed by atoms with Gasteiger partial charge >= 0.3 is 0 Å². The van der Waals surface area contributed by atoms with E-state index in [2.05, 4.69) is 55.6 Å². The molecule has 0 aliphatic heterocycles. The zero-order chi connectivity index (χ0) is 30.6. The SMILES string of the molecule is CCCC/C=C/CC/C=C/C(O)C(CS(=O)(=O)O)NC(=O)C(O)CCCCCCCC/C=C\C/C=C\CCCCC. The van der Waals surface area contributed by atoms with Crippen LogP contribution in [0.5, 0.6) is 0 Å². The Hall–Kier alpha value is -1.74. The molecule has 0 saturated carbocycles. The van der Waals surface area contributed by atoms with Gasteiger partial charge in [0.05, 0.1) is 17.9 Å². The van der Waals surface area contributed by atoms with E-state index in [0.717, 1.165) is 70.6 Å². The van der Waals surface area contributed by atoms with Gasteiger partial charge in [-0.15, -0.1) is 0 Å². The average molecular weight is 598 g/mol. The Morgan fingerprint density at radius 3 is 1.83 bits per heavy atom. The third-order valence-corrected chi connectivity index (χ3v) is 7.62. The van der Waals surface area contributed by atoms with Gasteiger partial charge in [0.2, 0.25) is 5.91 Å². The zero-order valence-electron chi connectivity index (χ0n) is 25.8. The van der Waals surface area contributed by atoms with Crippen molar-refractivity contribution in [3.63, 3.8) is 0 Å². The summed E-state index contributed by atoms with van der Waals surface area (Å²) in [6, 6.07) is -1.25. The Kier molecular flexibility index (Phi) is 26.0. The van der Waals surface area contributed by atoms with Gasteiger partial charge in [0.1, 0.15) is 6.10 Å². The van der Waals surface area contributed by atoms with Gasteiger partial charge in [0.25, 0.3) is 10.1 Å². The van der Waals surface area contributed by atoms with Crippen LogP contribution in [0.3, 0.4) is 0 Å². The lowest BCUT2D eigenvalue weighted by Crippen LogP contribution is -2.50. The van der Waals surface area contributed by atoms with Crippen LogP contribution in [0.2, 0.25) is 0 Å². The molecule has 0 heterocycles. The second-order valence-electron chi connectivity index (χ2n) is 10.9. The Bertz CT molecular complexity index is 850. The van der Waals surface area contributed by atoms with Gasteiger partial charge in [-0.1, -0.05) is 120 Å². The normalized spacial score (nSPS) is 15.0. The average Bonchev–Trinajstić information content (AvgIpc) is 2.92. The minimum absolute atomic E-state index is 0.259. The first kappa shape index (κ1) is 39.3. The van der Waals surface area contributed by atoms with E-state index in [-0.39, 0.29) is 6.42 Å². The molecule has 1 amide bonds. The summed E-state index contributed by atoms with van der Waals surface area (Å²) in [7, 11) is -4.44. The Morgan fingerprint density at radius 1 is 0.683 bits per heavy atom. The number of carbonyl (C=O) groups is 1. The second-order valence-corrected chi connectivity index (χ2v) is 12.4. The summed E-state index contributed by atoms with van der Waals surface area (Å²) in [4.78, 5) is 12.4. The molecule has 0 aromatic heterocycles. The van der Waals surface area contributed by atoms with Gasteiger partial charge in [-0.25, -0.2) is 0 Å². The van der Waals surface area contributed by atoms with E-state index in [1.54, 1.807) is 6.08 Å². The Labute approximate surface area is 251 Å². The lowest BCUT2D eigenvalue weighted by Gasteiger charge is -2.22. The van der Waals surface area contributed by atoms with Gasteiger partial charge < -0.3 is 15.5 Å². The van der Waals surface area contributed by atoms with Crippen LogP contribution >= 0.6 is 0 Å². The molecular formula is C33H59NO6S. The van der Waals surface area contributed by atoms with Crippen LogP contribution < -0.4 is 5.32 Å². The van der Waals surface area contributed by atoms with E-state index >= 15 is 0 Å². The number of unbranched alkanes of at least 4 members (excludes halogenated alkanes) is 12. The third kappa shape index (κ3) is 26.9. The number of carbonyl (C=O) groups excluding carboxylic acids is 1. The van der Waals surface area contributed by atoms with Crippen molar-refractivity contribution in [3.8, 4) is 0 Å². The number of aliphatic hydroxyl groups excluding tert-OH is 2. The van der Waals surface area contributed by atoms with Crippen molar-refractivity contribution in [1.82, 2.24) is 5.32 Å². The molecule has 0 bridgehead atoms. The lowest BCUT2D eigenvalue weighted by atomic mass is 10.0. The molecule has 0 fully saturated rings. The fourth-order valence-corrected chi connectivity index (χ4v) is 5.04. The van der Waals surface area contributed by atoms with E-state index in [0.29, 0.717) is 12.8 Å². The molecule has 238 valence electrons. The highest BCUT2D eigenvalue weighted by Crippen LogP contribution is 2.11. The largest absolute Gasteiger partial charge is 0.387 e. The fraction of sp³-hybridized carbons (Fsp3) is 0.727. The van der Waals surface area contributed by atoms with Crippen molar-refractivity contribution >= 4 is 16.0 Å². The van der Waals surface area contributed by atoms with Crippen LogP contribution in [-0.2, 0) is 14.9 Å². The van der Waals surface area contributed by atoms with E-state index in [4.69, 9.17) is 0 Å².